The molecule has 0 N–H and O–H groups in total. The topological polar surface area (TPSA) is 9.23 Å². The van der Waals surface area contributed by atoms with Gasteiger partial charge in [0.15, 0.2) is 0 Å². The van der Waals surface area contributed by atoms with Crippen LogP contribution in [0.1, 0.15) is 13.8 Å². The average Bonchev–Trinajstić information content (AvgIpc) is 1.64. The molecule has 0 aliphatic rings. The summed E-state index contributed by atoms with van der Waals surface area (Å²) in [6.45, 7) is 1.74. The SMILES string of the molecule is CC(C)([O][Cu])C(F)(F)F. The van der Waals surface area contributed by atoms with E-state index in [1.807, 2.05) is 0 Å². The van der Waals surface area contributed by atoms with Gasteiger partial charge in [-0.2, -0.15) is 0 Å². The van der Waals surface area contributed by atoms with Crippen LogP contribution in [0.4, 0.5) is 13.2 Å². The Bertz CT molecular complexity index is 98.5. The van der Waals surface area contributed by atoms with Gasteiger partial charge in [-0.15, -0.1) is 0 Å². The number of hydrogen-bond acceptors (Lipinski definition) is 1. The Kier molecular flexibility index (Phi) is 2.56. The molecule has 0 radical (unpaired) electrons. The Morgan fingerprint density at radius 1 is 1.22 bits per heavy atom. The third-order valence-corrected chi connectivity index (χ3v) is 1.32. The van der Waals surface area contributed by atoms with Crippen molar-refractivity contribution in [3.05, 3.63) is 0 Å². The van der Waals surface area contributed by atoms with Crippen molar-refractivity contribution in [3.8, 4) is 0 Å². The molecule has 9 heavy (non-hydrogen) atoms. The van der Waals surface area contributed by atoms with Crippen LogP contribution in [0, 0.1) is 0 Å². The number of alkyl halides is 3. The first-order valence-electron chi connectivity index (χ1n) is 2.14. The molecule has 0 atom stereocenters. The first kappa shape index (κ1) is 9.27. The molecule has 60 valence electrons. The maximum atomic E-state index is 11.6. The van der Waals surface area contributed by atoms with E-state index in [4.69, 9.17) is 0 Å². The van der Waals surface area contributed by atoms with Gasteiger partial charge in [-0.1, -0.05) is 0 Å². The molecule has 0 heterocycles. The fraction of sp³-hybridized carbons (Fsp3) is 1.00. The first-order chi connectivity index (χ1) is 3.81. The van der Waals surface area contributed by atoms with Crippen molar-refractivity contribution < 1.29 is 33.3 Å². The predicted octanol–water partition coefficient (Wildman–Crippen LogP) is 1.81. The van der Waals surface area contributed by atoms with Gasteiger partial charge < -0.3 is 0 Å². The molecule has 0 bridgehead atoms. The van der Waals surface area contributed by atoms with Gasteiger partial charge in [0.2, 0.25) is 0 Å². The maximum absolute atomic E-state index is 11.6. The fourth-order valence-electron chi connectivity index (χ4n) is 0.0349. The third-order valence-electron chi connectivity index (χ3n) is 0.837. The number of halogens is 3. The minimum absolute atomic E-state index is 0.870. The van der Waals surface area contributed by atoms with Gasteiger partial charge in [0.25, 0.3) is 0 Å². The second-order valence-electron chi connectivity index (χ2n) is 2.07. The summed E-state index contributed by atoms with van der Waals surface area (Å²) in [5.41, 5.74) is -2.22. The van der Waals surface area contributed by atoms with Crippen LogP contribution in [-0.2, 0) is 20.2 Å². The van der Waals surface area contributed by atoms with E-state index in [0.717, 1.165) is 13.8 Å². The molecule has 0 amide bonds. The van der Waals surface area contributed by atoms with Crippen molar-refractivity contribution >= 4 is 0 Å². The Hall–Kier alpha value is 0.269. The van der Waals surface area contributed by atoms with Crippen LogP contribution in [0.2, 0.25) is 0 Å². The molecule has 0 rings (SSSR count). The monoisotopic (exact) mass is 190 g/mol. The van der Waals surface area contributed by atoms with E-state index in [-0.39, 0.29) is 0 Å². The van der Waals surface area contributed by atoms with E-state index in [0.29, 0.717) is 0 Å². The quantitative estimate of drug-likeness (QED) is 0.573. The van der Waals surface area contributed by atoms with Crippen molar-refractivity contribution in [3.63, 3.8) is 0 Å². The van der Waals surface area contributed by atoms with Crippen molar-refractivity contribution in [2.24, 2.45) is 0 Å². The third kappa shape index (κ3) is 2.16. The van der Waals surface area contributed by atoms with E-state index < -0.39 is 11.8 Å². The van der Waals surface area contributed by atoms with Crippen molar-refractivity contribution in [2.45, 2.75) is 25.6 Å². The molecule has 1 nitrogen and oxygen atoms in total. The van der Waals surface area contributed by atoms with Crippen LogP contribution in [0.25, 0.3) is 0 Å². The summed E-state index contributed by atoms with van der Waals surface area (Å²) in [5.74, 6) is 0. The van der Waals surface area contributed by atoms with Gasteiger partial charge in [0.05, 0.1) is 0 Å². The molecule has 0 aliphatic carbocycles. The van der Waals surface area contributed by atoms with Crippen molar-refractivity contribution in [2.75, 3.05) is 0 Å². The van der Waals surface area contributed by atoms with Crippen LogP contribution < -0.4 is 0 Å². The molecule has 0 spiro atoms. The first-order valence-corrected chi connectivity index (χ1v) is 2.53. The Morgan fingerprint density at radius 3 is 1.56 bits per heavy atom. The average molecular weight is 191 g/mol. The molecular weight excluding hydrogens is 185 g/mol. The predicted molar refractivity (Wildman–Crippen MR) is 21.2 cm³/mol. The summed E-state index contributed by atoms with van der Waals surface area (Å²) in [6.07, 6.45) is -4.39. The van der Waals surface area contributed by atoms with Gasteiger partial charge in [-0.05, 0) is 0 Å². The van der Waals surface area contributed by atoms with Gasteiger partial charge in [-0.25, -0.2) is 0 Å². The molecule has 0 aromatic rings. The van der Waals surface area contributed by atoms with Gasteiger partial charge in [0.1, 0.15) is 0 Å². The second-order valence-corrected chi connectivity index (χ2v) is 2.26. The summed E-state index contributed by atoms with van der Waals surface area (Å²) in [7, 11) is 0. The molecule has 0 unspecified atom stereocenters. The summed E-state index contributed by atoms with van der Waals surface area (Å²) >= 11 is 3.96. The van der Waals surface area contributed by atoms with Gasteiger partial charge in [0, 0.05) is 0 Å². The zero-order chi connectivity index (χ0) is 7.71. The molecule has 5 heteroatoms. The molecule has 0 fully saturated rings. The molecule has 0 aliphatic heterocycles. The van der Waals surface area contributed by atoms with Gasteiger partial charge in [-0.3, -0.25) is 0 Å². The zero-order valence-corrected chi connectivity index (χ0v) is 5.79. The van der Waals surface area contributed by atoms with Crippen LogP contribution in [0.5, 0.6) is 0 Å². The normalized spacial score (nSPS) is 14.1. The van der Waals surface area contributed by atoms with Crippen LogP contribution in [0.3, 0.4) is 0 Å². The molecule has 0 saturated heterocycles. The Balaban J connectivity index is 4.14. The van der Waals surface area contributed by atoms with E-state index in [1.165, 1.54) is 0 Å². The zero-order valence-electron chi connectivity index (χ0n) is 4.84. The summed E-state index contributed by atoms with van der Waals surface area (Å²) in [6, 6.07) is 0. The van der Waals surface area contributed by atoms with Crippen LogP contribution in [-0.4, -0.2) is 11.8 Å². The molecule has 0 aromatic carbocycles. The summed E-state index contributed by atoms with van der Waals surface area (Å²) in [5, 5.41) is 0. The van der Waals surface area contributed by atoms with Crippen LogP contribution in [0.15, 0.2) is 0 Å². The van der Waals surface area contributed by atoms with Crippen molar-refractivity contribution in [1.29, 1.82) is 0 Å². The Labute approximate surface area is 59.7 Å². The van der Waals surface area contributed by atoms with E-state index in [9.17, 15) is 13.2 Å². The van der Waals surface area contributed by atoms with E-state index in [1.54, 1.807) is 0 Å². The second kappa shape index (κ2) is 2.48. The van der Waals surface area contributed by atoms with Gasteiger partial charge >= 0.3 is 59.0 Å². The summed E-state index contributed by atoms with van der Waals surface area (Å²) < 4.78 is 38.7. The summed E-state index contributed by atoms with van der Waals surface area (Å²) in [4.78, 5) is 0. The van der Waals surface area contributed by atoms with E-state index in [2.05, 4.69) is 20.2 Å². The van der Waals surface area contributed by atoms with Crippen molar-refractivity contribution in [1.82, 2.24) is 0 Å². The molecule has 0 aromatic heterocycles. The fourth-order valence-corrected chi connectivity index (χ4v) is 0.144. The van der Waals surface area contributed by atoms with Crippen LogP contribution >= 0.6 is 0 Å². The Morgan fingerprint density at radius 2 is 1.56 bits per heavy atom. The van der Waals surface area contributed by atoms with E-state index >= 15 is 0 Å². The number of rotatable bonds is 1. The molecular formula is C4H6CuF3O. The molecule has 0 saturated carbocycles. The minimum atomic E-state index is -4.39. The standard InChI is InChI=1S/C4H6F3O.Cu/c1-3(2,8)4(5,6)7;/h1-2H3;/q-1;+1. The number of hydrogen-bond donors (Lipinski definition) is 0.